The van der Waals surface area contributed by atoms with Crippen LogP contribution in [0.25, 0.3) is 0 Å². The van der Waals surface area contributed by atoms with Gasteiger partial charge in [-0.05, 0) is 52.1 Å². The van der Waals surface area contributed by atoms with Crippen molar-refractivity contribution in [2.75, 3.05) is 13.6 Å². The molecule has 3 atom stereocenters. The van der Waals surface area contributed by atoms with Crippen molar-refractivity contribution in [3.63, 3.8) is 0 Å². The fraction of sp³-hybridized carbons (Fsp3) is 0.929. The molecular weight excluding hydrogens is 297 g/mol. The molecule has 0 aliphatic carbocycles. The number of nitrogens with one attached hydrogen (secondary N) is 2. The molecule has 0 saturated carbocycles. The van der Waals surface area contributed by atoms with E-state index in [0.29, 0.717) is 18.1 Å². The Morgan fingerprint density at radius 2 is 1.75 bits per heavy atom. The predicted octanol–water partition coefficient (Wildman–Crippen LogP) is 1.71. The Morgan fingerprint density at radius 3 is 2.30 bits per heavy atom. The maximum absolute atomic E-state index is 12.1. The highest BCUT2D eigenvalue weighted by atomic mass is 35.5. The molecule has 2 bridgehead atoms. The van der Waals surface area contributed by atoms with Crippen molar-refractivity contribution in [1.29, 1.82) is 0 Å². The van der Waals surface area contributed by atoms with Gasteiger partial charge >= 0.3 is 0 Å². The van der Waals surface area contributed by atoms with E-state index in [2.05, 4.69) is 22.6 Å². The summed E-state index contributed by atoms with van der Waals surface area (Å²) < 4.78 is 0. The molecule has 3 aliphatic heterocycles. The van der Waals surface area contributed by atoms with Crippen LogP contribution < -0.4 is 10.6 Å². The first-order valence-corrected chi connectivity index (χ1v) is 7.50. The second-order valence-electron chi connectivity index (χ2n) is 6.23. The summed E-state index contributed by atoms with van der Waals surface area (Å²) in [7, 11) is 2.26. The molecule has 0 aromatic rings. The fourth-order valence-corrected chi connectivity index (χ4v) is 3.94. The maximum atomic E-state index is 12.1. The molecule has 3 rings (SSSR count). The van der Waals surface area contributed by atoms with Crippen LogP contribution in [0.4, 0.5) is 0 Å². The Kier molecular flexibility index (Phi) is 7.06. The Labute approximate surface area is 134 Å². The van der Waals surface area contributed by atoms with Crippen LogP contribution in [0.1, 0.15) is 44.9 Å². The summed E-state index contributed by atoms with van der Waals surface area (Å²) in [5.74, 6) is 0.236. The zero-order valence-electron chi connectivity index (χ0n) is 12.1. The quantitative estimate of drug-likeness (QED) is 0.813. The van der Waals surface area contributed by atoms with Crippen molar-refractivity contribution in [3.05, 3.63) is 0 Å². The molecule has 1 amide bonds. The largest absolute Gasteiger partial charge is 0.352 e. The molecule has 3 aliphatic rings. The Bertz CT molecular complexity index is 310. The van der Waals surface area contributed by atoms with Crippen LogP contribution in [0.2, 0.25) is 0 Å². The molecule has 6 heteroatoms. The molecule has 118 valence electrons. The molecule has 0 radical (unpaired) electrons. The minimum Gasteiger partial charge on any atom is -0.352 e. The van der Waals surface area contributed by atoms with Gasteiger partial charge in [0.1, 0.15) is 0 Å². The number of fused-ring (bicyclic) bond motifs is 2. The zero-order chi connectivity index (χ0) is 12.5. The van der Waals surface area contributed by atoms with Crippen molar-refractivity contribution in [2.24, 2.45) is 0 Å². The highest BCUT2D eigenvalue weighted by Gasteiger charge is 2.37. The van der Waals surface area contributed by atoms with Gasteiger partial charge in [0.15, 0.2) is 0 Å². The van der Waals surface area contributed by atoms with Crippen LogP contribution in [0, 0.1) is 0 Å². The summed E-state index contributed by atoms with van der Waals surface area (Å²) in [5.41, 5.74) is 0. The SMILES string of the molecule is CN1C2CCCC1CC(NC(=O)[C@@H]1CCCN1)C2.Cl.Cl. The van der Waals surface area contributed by atoms with Crippen LogP contribution in [-0.2, 0) is 4.79 Å². The maximum Gasteiger partial charge on any atom is 0.237 e. The highest BCUT2D eigenvalue weighted by molar-refractivity contribution is 5.85. The van der Waals surface area contributed by atoms with Crippen molar-refractivity contribution in [2.45, 2.75) is 69.1 Å². The van der Waals surface area contributed by atoms with Gasteiger partial charge in [-0.15, -0.1) is 24.8 Å². The average molecular weight is 324 g/mol. The van der Waals surface area contributed by atoms with Crippen LogP contribution in [-0.4, -0.2) is 48.6 Å². The van der Waals surface area contributed by atoms with Crippen molar-refractivity contribution >= 4 is 30.7 Å². The number of carbonyl (C=O) groups excluding carboxylic acids is 1. The standard InChI is InChI=1S/C14H25N3O.2ClH/c1-17-11-4-2-5-12(17)9-10(8-11)16-14(18)13-6-3-7-15-13;;/h10-13,15H,2-9H2,1H3,(H,16,18);2*1H/t10?,11?,12?,13-;;/m0../s1. The first-order valence-electron chi connectivity index (χ1n) is 7.50. The monoisotopic (exact) mass is 323 g/mol. The van der Waals surface area contributed by atoms with E-state index >= 15 is 0 Å². The number of nitrogens with zero attached hydrogens (tertiary/aromatic N) is 1. The van der Waals surface area contributed by atoms with Gasteiger partial charge in [-0.2, -0.15) is 0 Å². The molecule has 4 nitrogen and oxygen atoms in total. The smallest absolute Gasteiger partial charge is 0.237 e. The number of rotatable bonds is 2. The Hall–Kier alpha value is -0.0300. The zero-order valence-corrected chi connectivity index (χ0v) is 13.8. The average Bonchev–Trinajstić information content (AvgIpc) is 2.84. The summed E-state index contributed by atoms with van der Waals surface area (Å²) >= 11 is 0. The molecule has 2 N–H and O–H groups in total. The molecular formula is C14H27Cl2N3O. The first kappa shape index (κ1) is 18.0. The number of halogens is 2. The first-order chi connectivity index (χ1) is 8.74. The van der Waals surface area contributed by atoms with Crippen molar-refractivity contribution in [1.82, 2.24) is 15.5 Å². The predicted molar refractivity (Wildman–Crippen MR) is 85.9 cm³/mol. The van der Waals surface area contributed by atoms with Gasteiger partial charge in [0.05, 0.1) is 6.04 Å². The topological polar surface area (TPSA) is 44.4 Å². The van der Waals surface area contributed by atoms with Crippen LogP contribution >= 0.6 is 24.8 Å². The van der Waals surface area contributed by atoms with Gasteiger partial charge in [0, 0.05) is 18.1 Å². The molecule has 0 aromatic heterocycles. The van der Waals surface area contributed by atoms with Crippen molar-refractivity contribution < 1.29 is 4.79 Å². The van der Waals surface area contributed by atoms with E-state index in [1.165, 1.54) is 19.3 Å². The summed E-state index contributed by atoms with van der Waals surface area (Å²) in [6, 6.07) is 1.87. The third-order valence-electron chi connectivity index (χ3n) is 5.06. The molecule has 20 heavy (non-hydrogen) atoms. The summed E-state index contributed by atoms with van der Waals surface area (Å²) in [6.07, 6.45) is 8.41. The lowest BCUT2D eigenvalue weighted by Crippen LogP contribution is -2.56. The summed E-state index contributed by atoms with van der Waals surface area (Å²) in [6.45, 7) is 0.997. The summed E-state index contributed by atoms with van der Waals surface area (Å²) in [4.78, 5) is 14.7. The number of amides is 1. The molecule has 3 saturated heterocycles. The van der Waals surface area contributed by atoms with Gasteiger partial charge < -0.3 is 15.5 Å². The van der Waals surface area contributed by atoms with Crippen LogP contribution in [0.15, 0.2) is 0 Å². The lowest BCUT2D eigenvalue weighted by molar-refractivity contribution is -0.124. The molecule has 0 spiro atoms. The lowest BCUT2D eigenvalue weighted by Gasteiger charge is -2.47. The van der Waals surface area contributed by atoms with E-state index in [9.17, 15) is 4.79 Å². The number of hydrogen-bond acceptors (Lipinski definition) is 3. The number of piperidine rings is 2. The second kappa shape index (κ2) is 7.83. The van der Waals surface area contributed by atoms with Crippen LogP contribution in [0.5, 0.6) is 0 Å². The molecule has 3 heterocycles. The van der Waals surface area contributed by atoms with E-state index in [-0.39, 0.29) is 36.8 Å². The van der Waals surface area contributed by atoms with Crippen molar-refractivity contribution in [3.8, 4) is 0 Å². The molecule has 0 aromatic carbocycles. The molecule has 3 fully saturated rings. The highest BCUT2D eigenvalue weighted by Crippen LogP contribution is 2.32. The Balaban J connectivity index is 0.000001000. The minimum absolute atomic E-state index is 0. The van der Waals surface area contributed by atoms with E-state index in [0.717, 1.165) is 32.2 Å². The molecule has 2 unspecified atom stereocenters. The van der Waals surface area contributed by atoms with E-state index in [1.807, 2.05) is 0 Å². The summed E-state index contributed by atoms with van der Waals surface area (Å²) in [5, 5.41) is 6.56. The minimum atomic E-state index is 0. The van der Waals surface area contributed by atoms with Gasteiger partial charge in [-0.25, -0.2) is 0 Å². The van der Waals surface area contributed by atoms with Gasteiger partial charge in [-0.1, -0.05) is 6.42 Å². The van der Waals surface area contributed by atoms with Gasteiger partial charge in [0.25, 0.3) is 0 Å². The Morgan fingerprint density at radius 1 is 1.10 bits per heavy atom. The number of hydrogen-bond donors (Lipinski definition) is 2. The third kappa shape index (κ3) is 3.79. The second-order valence-corrected chi connectivity index (χ2v) is 6.23. The number of carbonyl (C=O) groups is 1. The fourth-order valence-electron chi connectivity index (χ4n) is 3.94. The van der Waals surface area contributed by atoms with E-state index in [4.69, 9.17) is 0 Å². The van der Waals surface area contributed by atoms with E-state index < -0.39 is 0 Å². The van der Waals surface area contributed by atoms with Gasteiger partial charge in [-0.3, -0.25) is 4.79 Å². The third-order valence-corrected chi connectivity index (χ3v) is 5.06. The van der Waals surface area contributed by atoms with Gasteiger partial charge in [0.2, 0.25) is 5.91 Å². The van der Waals surface area contributed by atoms with E-state index in [1.54, 1.807) is 0 Å². The van der Waals surface area contributed by atoms with Crippen LogP contribution in [0.3, 0.4) is 0 Å². The lowest BCUT2D eigenvalue weighted by atomic mass is 9.82. The normalized spacial score (nSPS) is 36.6.